The van der Waals surface area contributed by atoms with Gasteiger partial charge in [0.2, 0.25) is 5.91 Å². The molecule has 116 valence electrons. The van der Waals surface area contributed by atoms with Gasteiger partial charge in [0.1, 0.15) is 5.75 Å². The summed E-state index contributed by atoms with van der Waals surface area (Å²) in [6.07, 6.45) is 3.38. The van der Waals surface area contributed by atoms with Crippen molar-refractivity contribution in [2.75, 3.05) is 6.61 Å². The normalized spacial score (nSPS) is 15.6. The van der Waals surface area contributed by atoms with Crippen molar-refractivity contribution in [2.45, 2.75) is 44.7 Å². The smallest absolute Gasteiger partial charge is 0.223 e. The van der Waals surface area contributed by atoms with Gasteiger partial charge in [-0.3, -0.25) is 4.79 Å². The lowest BCUT2D eigenvalue weighted by molar-refractivity contribution is -0.121. The van der Waals surface area contributed by atoms with Gasteiger partial charge in [0.25, 0.3) is 0 Å². The lowest BCUT2D eigenvalue weighted by atomic mass is 10.1. The third-order valence-electron chi connectivity index (χ3n) is 3.13. The van der Waals surface area contributed by atoms with Crippen molar-refractivity contribution in [3.8, 4) is 5.75 Å². The fourth-order valence-electron chi connectivity index (χ4n) is 2.01. The number of halogens is 2. The highest BCUT2D eigenvalue weighted by molar-refractivity contribution is 9.11. The standard InChI is InChI=1S/C15H20Br2N2O2/c1-9(18)6-10-7-12(16)15(13(17)8-10)21-5-4-14(20)19-11-2-3-11/h7-9,11H,2-6,18H2,1H3,(H,19,20). The molecule has 1 saturated carbocycles. The van der Waals surface area contributed by atoms with Gasteiger partial charge >= 0.3 is 0 Å². The highest BCUT2D eigenvalue weighted by Crippen LogP contribution is 2.35. The second-order valence-corrected chi connectivity index (χ2v) is 7.22. The summed E-state index contributed by atoms with van der Waals surface area (Å²) in [5.74, 6) is 0.779. The van der Waals surface area contributed by atoms with Crippen molar-refractivity contribution in [2.24, 2.45) is 5.73 Å². The van der Waals surface area contributed by atoms with Crippen LogP contribution in [0.1, 0.15) is 31.7 Å². The van der Waals surface area contributed by atoms with Crippen LogP contribution in [0.5, 0.6) is 5.75 Å². The molecular formula is C15H20Br2N2O2. The zero-order chi connectivity index (χ0) is 15.4. The first-order valence-corrected chi connectivity index (χ1v) is 8.70. The number of carbonyl (C=O) groups excluding carboxylic acids is 1. The fourth-order valence-corrected chi connectivity index (χ4v) is 3.52. The molecule has 0 aromatic heterocycles. The van der Waals surface area contributed by atoms with Gasteiger partial charge in [-0.2, -0.15) is 0 Å². The van der Waals surface area contributed by atoms with Crippen LogP contribution in [-0.4, -0.2) is 24.6 Å². The Bertz CT molecular complexity index is 493. The number of carbonyl (C=O) groups is 1. The molecule has 1 aliphatic rings. The number of benzene rings is 1. The van der Waals surface area contributed by atoms with Gasteiger partial charge in [0.05, 0.1) is 22.0 Å². The molecule has 1 aromatic carbocycles. The Morgan fingerprint density at radius 1 is 1.43 bits per heavy atom. The molecule has 0 spiro atoms. The maximum atomic E-state index is 11.6. The molecule has 21 heavy (non-hydrogen) atoms. The molecule has 4 nitrogen and oxygen atoms in total. The topological polar surface area (TPSA) is 64.3 Å². The lowest BCUT2D eigenvalue weighted by Gasteiger charge is -2.13. The van der Waals surface area contributed by atoms with Gasteiger partial charge in [-0.1, -0.05) is 0 Å². The Kier molecular flexibility index (Phi) is 6.08. The van der Waals surface area contributed by atoms with E-state index >= 15 is 0 Å². The molecule has 1 amide bonds. The molecule has 0 saturated heterocycles. The van der Waals surface area contributed by atoms with E-state index in [1.807, 2.05) is 19.1 Å². The maximum Gasteiger partial charge on any atom is 0.223 e. The van der Waals surface area contributed by atoms with E-state index in [2.05, 4.69) is 37.2 Å². The molecule has 1 atom stereocenters. The Balaban J connectivity index is 1.88. The minimum atomic E-state index is 0.0540. The van der Waals surface area contributed by atoms with Crippen molar-refractivity contribution in [1.29, 1.82) is 0 Å². The third kappa shape index (κ3) is 5.60. The van der Waals surface area contributed by atoms with Crippen molar-refractivity contribution in [1.82, 2.24) is 5.32 Å². The summed E-state index contributed by atoms with van der Waals surface area (Å²) in [6, 6.07) is 4.52. The van der Waals surface area contributed by atoms with E-state index in [0.717, 1.165) is 39.5 Å². The molecule has 0 heterocycles. The fraction of sp³-hybridized carbons (Fsp3) is 0.533. The van der Waals surface area contributed by atoms with E-state index in [1.54, 1.807) is 0 Å². The van der Waals surface area contributed by atoms with Crippen molar-refractivity contribution in [3.63, 3.8) is 0 Å². The summed E-state index contributed by atoms with van der Waals surface area (Å²) in [5.41, 5.74) is 6.96. The lowest BCUT2D eigenvalue weighted by Crippen LogP contribution is -2.26. The van der Waals surface area contributed by atoms with Crippen molar-refractivity contribution in [3.05, 3.63) is 26.6 Å². The van der Waals surface area contributed by atoms with E-state index in [4.69, 9.17) is 10.5 Å². The van der Waals surface area contributed by atoms with Crippen LogP contribution in [0.25, 0.3) is 0 Å². The molecule has 0 bridgehead atoms. The number of hydrogen-bond donors (Lipinski definition) is 2. The predicted molar refractivity (Wildman–Crippen MR) is 90.5 cm³/mol. The second-order valence-electron chi connectivity index (χ2n) is 5.51. The van der Waals surface area contributed by atoms with Crippen LogP contribution in [0.3, 0.4) is 0 Å². The highest BCUT2D eigenvalue weighted by atomic mass is 79.9. The first-order chi connectivity index (χ1) is 9.95. The van der Waals surface area contributed by atoms with Gasteiger partial charge < -0.3 is 15.8 Å². The summed E-state index contributed by atoms with van der Waals surface area (Å²) in [4.78, 5) is 11.6. The van der Waals surface area contributed by atoms with Gasteiger partial charge in [-0.05, 0) is 75.7 Å². The number of nitrogens with one attached hydrogen (secondary N) is 1. The quantitative estimate of drug-likeness (QED) is 0.713. The van der Waals surface area contributed by atoms with Crippen molar-refractivity contribution >= 4 is 37.8 Å². The molecule has 1 fully saturated rings. The van der Waals surface area contributed by atoms with Gasteiger partial charge in [0.15, 0.2) is 0 Å². The minimum absolute atomic E-state index is 0.0540. The van der Waals surface area contributed by atoms with Gasteiger partial charge in [0, 0.05) is 12.1 Å². The van der Waals surface area contributed by atoms with Crippen LogP contribution >= 0.6 is 31.9 Å². The summed E-state index contributed by atoms with van der Waals surface area (Å²) in [7, 11) is 0. The molecule has 2 rings (SSSR count). The monoisotopic (exact) mass is 418 g/mol. The number of amides is 1. The first-order valence-electron chi connectivity index (χ1n) is 7.11. The van der Waals surface area contributed by atoms with Crippen LogP contribution < -0.4 is 15.8 Å². The van der Waals surface area contributed by atoms with Crippen molar-refractivity contribution < 1.29 is 9.53 Å². The van der Waals surface area contributed by atoms with E-state index < -0.39 is 0 Å². The number of rotatable bonds is 7. The van der Waals surface area contributed by atoms with Crippen LogP contribution in [0, 0.1) is 0 Å². The van der Waals surface area contributed by atoms with E-state index in [9.17, 15) is 4.79 Å². The average molecular weight is 420 g/mol. The molecular weight excluding hydrogens is 400 g/mol. The Labute approximate surface area is 142 Å². The van der Waals surface area contributed by atoms with Gasteiger partial charge in [-0.15, -0.1) is 0 Å². The summed E-state index contributed by atoms with van der Waals surface area (Å²) in [6.45, 7) is 2.34. The van der Waals surface area contributed by atoms with Crippen LogP contribution in [0.2, 0.25) is 0 Å². The van der Waals surface area contributed by atoms with Crippen LogP contribution in [0.15, 0.2) is 21.1 Å². The molecule has 0 aliphatic heterocycles. The zero-order valence-electron chi connectivity index (χ0n) is 12.0. The zero-order valence-corrected chi connectivity index (χ0v) is 15.2. The molecule has 3 N–H and O–H groups in total. The van der Waals surface area contributed by atoms with Crippen LogP contribution in [-0.2, 0) is 11.2 Å². The predicted octanol–water partition coefficient (Wildman–Crippen LogP) is 3.15. The molecule has 1 unspecified atom stereocenters. The van der Waals surface area contributed by atoms with E-state index in [0.29, 0.717) is 19.1 Å². The highest BCUT2D eigenvalue weighted by Gasteiger charge is 2.23. The Morgan fingerprint density at radius 2 is 2.05 bits per heavy atom. The van der Waals surface area contributed by atoms with E-state index in [1.165, 1.54) is 0 Å². The Morgan fingerprint density at radius 3 is 2.57 bits per heavy atom. The largest absolute Gasteiger partial charge is 0.491 e. The van der Waals surface area contributed by atoms with Crippen LogP contribution in [0.4, 0.5) is 0 Å². The summed E-state index contributed by atoms with van der Waals surface area (Å²) in [5, 5.41) is 2.94. The molecule has 1 aromatic rings. The molecule has 0 radical (unpaired) electrons. The molecule has 1 aliphatic carbocycles. The third-order valence-corrected chi connectivity index (χ3v) is 4.31. The molecule has 6 heteroatoms. The first kappa shape index (κ1) is 16.8. The maximum absolute atomic E-state index is 11.6. The SMILES string of the molecule is CC(N)Cc1cc(Br)c(OCCC(=O)NC2CC2)c(Br)c1. The van der Waals surface area contributed by atoms with E-state index in [-0.39, 0.29) is 11.9 Å². The van der Waals surface area contributed by atoms with Gasteiger partial charge in [-0.25, -0.2) is 0 Å². The second kappa shape index (κ2) is 7.61. The Hall–Kier alpha value is -0.590. The average Bonchev–Trinajstić information content (AvgIpc) is 3.15. The summed E-state index contributed by atoms with van der Waals surface area (Å²) < 4.78 is 7.46. The number of ether oxygens (including phenoxy) is 1. The summed E-state index contributed by atoms with van der Waals surface area (Å²) >= 11 is 7.02. The number of hydrogen-bond acceptors (Lipinski definition) is 3. The minimum Gasteiger partial charge on any atom is -0.491 e. The number of nitrogens with two attached hydrogens (primary N) is 1.